The smallest absolute Gasteiger partial charge is 0.0724 e. The third-order valence-electron chi connectivity index (χ3n) is 2.34. The molecule has 1 nitrogen and oxygen atoms in total. The highest BCUT2D eigenvalue weighted by atomic mass is 35.5. The predicted molar refractivity (Wildman–Crippen MR) is 64.3 cm³/mol. The van der Waals surface area contributed by atoms with Gasteiger partial charge in [0.15, 0.2) is 0 Å². The normalized spacial score (nSPS) is 16.9. The highest BCUT2D eigenvalue weighted by Gasteiger charge is 2.12. The van der Waals surface area contributed by atoms with Crippen molar-refractivity contribution in [3.8, 4) is 0 Å². The summed E-state index contributed by atoms with van der Waals surface area (Å²) >= 11 is 1.85. The number of allylic oxidation sites excluding steroid dienone is 1. The van der Waals surface area contributed by atoms with Gasteiger partial charge in [0.05, 0.1) is 5.88 Å². The van der Waals surface area contributed by atoms with Crippen molar-refractivity contribution in [2.45, 2.75) is 0 Å². The highest BCUT2D eigenvalue weighted by molar-refractivity contribution is 8.02. The second-order valence-electron chi connectivity index (χ2n) is 3.21. The summed E-state index contributed by atoms with van der Waals surface area (Å²) in [6.45, 7) is 0. The number of fused-ring (bicyclic) bond motifs is 2. The minimum atomic E-state index is 0. The molecule has 0 N–H and O–H groups in total. The molecule has 3 rings (SSSR count). The number of rotatable bonds is 0. The van der Waals surface area contributed by atoms with Crippen molar-refractivity contribution in [1.82, 2.24) is 4.90 Å². The van der Waals surface area contributed by atoms with E-state index in [0.29, 0.717) is 0 Å². The third-order valence-corrected chi connectivity index (χ3v) is 3.18. The number of nitrogens with zero attached hydrogens (tertiary/aromatic N) is 1. The van der Waals surface area contributed by atoms with Crippen LogP contribution >= 0.6 is 24.2 Å². The van der Waals surface area contributed by atoms with E-state index < -0.39 is 0 Å². The lowest BCUT2D eigenvalue weighted by Gasteiger charge is -2.17. The Balaban J connectivity index is 0.000000750. The Morgan fingerprint density at radius 2 is 1.93 bits per heavy atom. The molecule has 0 bridgehead atoms. The van der Waals surface area contributed by atoms with Crippen molar-refractivity contribution in [3.63, 3.8) is 0 Å². The topological polar surface area (TPSA) is 3.24 Å². The van der Waals surface area contributed by atoms with Gasteiger partial charge in [-0.25, -0.2) is 0 Å². The van der Waals surface area contributed by atoms with E-state index in [1.165, 1.54) is 16.1 Å². The maximum Gasteiger partial charge on any atom is 0.0724 e. The fourth-order valence-electron chi connectivity index (χ4n) is 1.66. The molecule has 0 aliphatic carbocycles. The predicted octanol–water partition coefficient (Wildman–Crippen LogP) is 1.49. The van der Waals surface area contributed by atoms with Crippen LogP contribution in [0.1, 0.15) is 0 Å². The molecule has 0 aromatic heterocycles. The van der Waals surface area contributed by atoms with Gasteiger partial charge in [0.25, 0.3) is 0 Å². The first-order valence-electron chi connectivity index (χ1n) is 4.30. The van der Waals surface area contributed by atoms with E-state index in [4.69, 9.17) is 0 Å². The molecular formula is C11H10ClNS. The summed E-state index contributed by atoms with van der Waals surface area (Å²) < 4.78 is 0. The van der Waals surface area contributed by atoms with Crippen molar-refractivity contribution in [2.24, 2.45) is 0 Å². The second-order valence-corrected chi connectivity index (χ2v) is 4.04. The van der Waals surface area contributed by atoms with Crippen LogP contribution in [0.4, 0.5) is 0 Å². The van der Waals surface area contributed by atoms with Crippen molar-refractivity contribution in [3.05, 3.63) is 45.8 Å². The quantitative estimate of drug-likeness (QED) is 0.656. The molecule has 0 unspecified atom stereocenters. The SMILES string of the molecule is C1=C2C=c3ccccc3=CN2CS1.Cl. The minimum Gasteiger partial charge on any atom is -0.337 e. The van der Waals surface area contributed by atoms with Gasteiger partial charge in [-0.1, -0.05) is 24.3 Å². The summed E-state index contributed by atoms with van der Waals surface area (Å²) in [6.07, 6.45) is 4.47. The summed E-state index contributed by atoms with van der Waals surface area (Å²) in [6, 6.07) is 8.49. The van der Waals surface area contributed by atoms with Crippen LogP contribution in [0.5, 0.6) is 0 Å². The molecule has 14 heavy (non-hydrogen) atoms. The molecule has 1 aromatic carbocycles. The van der Waals surface area contributed by atoms with Crippen molar-refractivity contribution in [2.75, 3.05) is 5.88 Å². The van der Waals surface area contributed by atoms with E-state index in [-0.39, 0.29) is 12.4 Å². The van der Waals surface area contributed by atoms with E-state index in [1.54, 1.807) is 0 Å². The summed E-state index contributed by atoms with van der Waals surface area (Å²) in [4.78, 5) is 2.28. The maximum absolute atomic E-state index is 2.28. The molecule has 2 aliphatic heterocycles. The molecule has 2 aliphatic rings. The molecule has 0 atom stereocenters. The number of thioether (sulfide) groups is 1. The van der Waals surface area contributed by atoms with Gasteiger partial charge in [0.1, 0.15) is 0 Å². The highest BCUT2D eigenvalue weighted by Crippen LogP contribution is 2.24. The van der Waals surface area contributed by atoms with Crippen LogP contribution in [0.25, 0.3) is 12.3 Å². The molecular weight excluding hydrogens is 214 g/mol. The minimum absolute atomic E-state index is 0. The molecule has 2 heterocycles. The molecule has 1 aromatic rings. The molecule has 0 saturated carbocycles. The first-order valence-corrected chi connectivity index (χ1v) is 5.35. The van der Waals surface area contributed by atoms with E-state index >= 15 is 0 Å². The van der Waals surface area contributed by atoms with E-state index in [9.17, 15) is 0 Å². The Morgan fingerprint density at radius 1 is 1.14 bits per heavy atom. The molecule has 0 radical (unpaired) electrons. The average molecular weight is 224 g/mol. The van der Waals surface area contributed by atoms with E-state index in [2.05, 4.69) is 46.8 Å². The van der Waals surface area contributed by atoms with E-state index in [0.717, 1.165) is 5.88 Å². The van der Waals surface area contributed by atoms with Crippen LogP contribution in [0.15, 0.2) is 35.4 Å². The molecule has 3 heteroatoms. The lowest BCUT2D eigenvalue weighted by atomic mass is 10.2. The van der Waals surface area contributed by atoms with Gasteiger partial charge in [-0.3, -0.25) is 0 Å². The van der Waals surface area contributed by atoms with Gasteiger partial charge in [-0.15, -0.1) is 24.2 Å². The first-order chi connectivity index (χ1) is 6.43. The standard InChI is InChI=1S/C11H9NS.ClH/c1-2-4-10-6-12-8-13-7-11(12)5-9(10)3-1;/h1-7H,8H2;1H. The average Bonchev–Trinajstić information content (AvgIpc) is 2.61. The number of hydrogen-bond donors (Lipinski definition) is 0. The number of benzene rings is 1. The molecule has 72 valence electrons. The number of halogens is 1. The van der Waals surface area contributed by atoms with Gasteiger partial charge in [0.2, 0.25) is 0 Å². The fraction of sp³-hybridized carbons (Fsp3) is 0.0909. The van der Waals surface area contributed by atoms with Gasteiger partial charge in [0, 0.05) is 11.9 Å². The van der Waals surface area contributed by atoms with Crippen LogP contribution in [0.2, 0.25) is 0 Å². The van der Waals surface area contributed by atoms with Crippen LogP contribution in [-0.4, -0.2) is 10.8 Å². The van der Waals surface area contributed by atoms with Crippen LogP contribution in [0.3, 0.4) is 0 Å². The maximum atomic E-state index is 2.28. The van der Waals surface area contributed by atoms with Crippen molar-refractivity contribution < 1.29 is 0 Å². The van der Waals surface area contributed by atoms with Gasteiger partial charge >= 0.3 is 0 Å². The second kappa shape index (κ2) is 3.71. The molecule has 0 fully saturated rings. The Hall–Kier alpha value is -0.860. The van der Waals surface area contributed by atoms with E-state index in [1.807, 2.05) is 11.8 Å². The summed E-state index contributed by atoms with van der Waals surface area (Å²) in [5.74, 6) is 1.06. The Labute approximate surface area is 93.2 Å². The fourth-order valence-corrected chi connectivity index (χ4v) is 2.49. The van der Waals surface area contributed by atoms with Gasteiger partial charge in [-0.2, -0.15) is 0 Å². The summed E-state index contributed by atoms with van der Waals surface area (Å²) in [5.41, 5.74) is 1.32. The van der Waals surface area contributed by atoms with Crippen LogP contribution < -0.4 is 10.4 Å². The van der Waals surface area contributed by atoms with Gasteiger partial charge < -0.3 is 4.90 Å². The zero-order valence-electron chi connectivity index (χ0n) is 7.51. The Kier molecular flexibility index (Phi) is 2.57. The Morgan fingerprint density at radius 3 is 2.79 bits per heavy atom. The monoisotopic (exact) mass is 223 g/mol. The molecule has 0 amide bonds. The number of hydrogen-bond acceptors (Lipinski definition) is 2. The van der Waals surface area contributed by atoms with Crippen LogP contribution in [-0.2, 0) is 0 Å². The zero-order chi connectivity index (χ0) is 8.67. The van der Waals surface area contributed by atoms with Gasteiger partial charge in [-0.05, 0) is 21.9 Å². The van der Waals surface area contributed by atoms with Crippen molar-refractivity contribution >= 4 is 36.4 Å². The largest absolute Gasteiger partial charge is 0.337 e. The lowest BCUT2D eigenvalue weighted by Crippen LogP contribution is -2.32. The lowest BCUT2D eigenvalue weighted by molar-refractivity contribution is 0.632. The first kappa shape index (κ1) is 9.69. The Bertz CT molecular complexity index is 492. The van der Waals surface area contributed by atoms with Crippen molar-refractivity contribution in [1.29, 1.82) is 0 Å². The summed E-state index contributed by atoms with van der Waals surface area (Å²) in [7, 11) is 0. The third kappa shape index (κ3) is 1.45. The molecule has 0 saturated heterocycles. The van der Waals surface area contributed by atoms with Crippen LogP contribution in [0, 0.1) is 0 Å². The summed E-state index contributed by atoms with van der Waals surface area (Å²) in [5, 5.41) is 4.86. The zero-order valence-corrected chi connectivity index (χ0v) is 9.15. The molecule has 0 spiro atoms.